The summed E-state index contributed by atoms with van der Waals surface area (Å²) in [6.45, 7) is 2.08. The zero-order valence-electron chi connectivity index (χ0n) is 15.2. The van der Waals surface area contributed by atoms with Gasteiger partial charge in [-0.1, -0.05) is 35.0 Å². The van der Waals surface area contributed by atoms with Crippen molar-refractivity contribution in [3.63, 3.8) is 0 Å². The molecule has 1 aromatic heterocycles. The first kappa shape index (κ1) is 18.7. The Morgan fingerprint density at radius 1 is 1.15 bits per heavy atom. The topological polar surface area (TPSA) is 78.3 Å². The highest BCUT2D eigenvalue weighted by molar-refractivity contribution is 6.30. The lowest BCUT2D eigenvalue weighted by atomic mass is 10.2. The fourth-order valence-corrected chi connectivity index (χ4v) is 2.87. The van der Waals surface area contributed by atoms with Crippen LogP contribution >= 0.6 is 11.6 Å². The lowest BCUT2D eigenvalue weighted by molar-refractivity contribution is 0.0945. The summed E-state index contributed by atoms with van der Waals surface area (Å²) in [6.07, 6.45) is 0. The van der Waals surface area contributed by atoms with Gasteiger partial charge in [0.2, 0.25) is 0 Å². The van der Waals surface area contributed by atoms with Crippen molar-refractivity contribution in [1.29, 1.82) is 0 Å². The SMILES string of the molecule is COc1ccccc1CNC(=O)c1nnn(-c2cc(Cl)ccc2OC)c1C. The van der Waals surface area contributed by atoms with Crippen LogP contribution in [0.1, 0.15) is 21.7 Å². The molecule has 0 atom stereocenters. The minimum atomic E-state index is -0.328. The number of para-hydroxylation sites is 1. The molecule has 0 aliphatic carbocycles. The molecule has 3 aromatic rings. The van der Waals surface area contributed by atoms with Crippen LogP contribution in [0.2, 0.25) is 5.02 Å². The van der Waals surface area contributed by atoms with Gasteiger partial charge in [0.05, 0.1) is 19.9 Å². The predicted molar refractivity (Wildman–Crippen MR) is 102 cm³/mol. The largest absolute Gasteiger partial charge is 0.496 e. The highest BCUT2D eigenvalue weighted by Crippen LogP contribution is 2.27. The lowest BCUT2D eigenvalue weighted by Crippen LogP contribution is -2.24. The summed E-state index contributed by atoms with van der Waals surface area (Å²) < 4.78 is 12.2. The van der Waals surface area contributed by atoms with E-state index in [1.54, 1.807) is 39.3 Å². The molecule has 140 valence electrons. The van der Waals surface area contributed by atoms with E-state index in [0.717, 1.165) is 5.56 Å². The number of methoxy groups -OCH3 is 2. The molecule has 0 aliphatic rings. The Balaban J connectivity index is 1.83. The molecule has 0 radical (unpaired) electrons. The van der Waals surface area contributed by atoms with E-state index < -0.39 is 0 Å². The van der Waals surface area contributed by atoms with Crippen LogP contribution in [0.5, 0.6) is 11.5 Å². The second kappa shape index (κ2) is 8.09. The second-order valence-electron chi connectivity index (χ2n) is 5.75. The first-order valence-electron chi connectivity index (χ1n) is 8.21. The van der Waals surface area contributed by atoms with E-state index in [4.69, 9.17) is 21.1 Å². The summed E-state index contributed by atoms with van der Waals surface area (Å²) in [5.41, 5.74) is 2.29. The summed E-state index contributed by atoms with van der Waals surface area (Å²) in [6, 6.07) is 12.7. The molecule has 27 heavy (non-hydrogen) atoms. The quantitative estimate of drug-likeness (QED) is 0.704. The summed E-state index contributed by atoms with van der Waals surface area (Å²) in [7, 11) is 3.15. The molecule has 8 heteroatoms. The Morgan fingerprint density at radius 3 is 2.63 bits per heavy atom. The van der Waals surface area contributed by atoms with Gasteiger partial charge in [-0.15, -0.1) is 5.10 Å². The van der Waals surface area contributed by atoms with Crippen LogP contribution < -0.4 is 14.8 Å². The van der Waals surface area contributed by atoms with Crippen molar-refractivity contribution >= 4 is 17.5 Å². The summed E-state index contributed by atoms with van der Waals surface area (Å²) in [4.78, 5) is 12.6. The van der Waals surface area contributed by atoms with Gasteiger partial charge < -0.3 is 14.8 Å². The number of rotatable bonds is 6. The third-order valence-electron chi connectivity index (χ3n) is 4.11. The van der Waals surface area contributed by atoms with Crippen LogP contribution in [0.3, 0.4) is 0 Å². The van der Waals surface area contributed by atoms with Crippen LogP contribution in [0, 0.1) is 6.92 Å². The zero-order valence-corrected chi connectivity index (χ0v) is 15.9. The van der Waals surface area contributed by atoms with Crippen molar-refractivity contribution in [2.24, 2.45) is 0 Å². The molecule has 0 saturated carbocycles. The van der Waals surface area contributed by atoms with Crippen molar-refractivity contribution in [3.8, 4) is 17.2 Å². The molecule has 2 aromatic carbocycles. The van der Waals surface area contributed by atoms with Gasteiger partial charge in [-0.25, -0.2) is 4.68 Å². The van der Waals surface area contributed by atoms with E-state index in [2.05, 4.69) is 15.6 Å². The van der Waals surface area contributed by atoms with E-state index in [-0.39, 0.29) is 11.6 Å². The molecule has 1 N–H and O–H groups in total. The number of halogens is 1. The number of carbonyl (C=O) groups is 1. The fraction of sp³-hybridized carbons (Fsp3) is 0.211. The van der Waals surface area contributed by atoms with Crippen molar-refractivity contribution in [2.45, 2.75) is 13.5 Å². The molecular formula is C19H19ClN4O3. The van der Waals surface area contributed by atoms with Crippen molar-refractivity contribution in [1.82, 2.24) is 20.3 Å². The van der Waals surface area contributed by atoms with Crippen molar-refractivity contribution < 1.29 is 14.3 Å². The van der Waals surface area contributed by atoms with Gasteiger partial charge in [0, 0.05) is 17.1 Å². The molecular weight excluding hydrogens is 368 g/mol. The molecule has 0 bridgehead atoms. The molecule has 1 heterocycles. The molecule has 7 nitrogen and oxygen atoms in total. The van der Waals surface area contributed by atoms with Crippen LogP contribution in [0.25, 0.3) is 5.69 Å². The highest BCUT2D eigenvalue weighted by atomic mass is 35.5. The first-order chi connectivity index (χ1) is 13.0. The number of amides is 1. The Bertz CT molecular complexity index is 971. The predicted octanol–water partition coefficient (Wildman–Crippen LogP) is 3.18. The number of benzene rings is 2. The second-order valence-corrected chi connectivity index (χ2v) is 6.18. The third kappa shape index (κ3) is 3.88. The third-order valence-corrected chi connectivity index (χ3v) is 4.35. The number of hydrogen-bond donors (Lipinski definition) is 1. The summed E-state index contributed by atoms with van der Waals surface area (Å²) >= 11 is 6.08. The number of nitrogens with zero attached hydrogens (tertiary/aromatic N) is 3. The Hall–Kier alpha value is -3.06. The number of hydrogen-bond acceptors (Lipinski definition) is 5. The first-order valence-corrected chi connectivity index (χ1v) is 8.59. The van der Waals surface area contributed by atoms with Crippen LogP contribution in [-0.2, 0) is 6.54 Å². The number of nitrogens with one attached hydrogen (secondary N) is 1. The average Bonchev–Trinajstić information content (AvgIpc) is 3.07. The van der Waals surface area contributed by atoms with Gasteiger partial charge in [0.1, 0.15) is 17.2 Å². The number of carbonyl (C=O) groups excluding carboxylic acids is 1. The average molecular weight is 387 g/mol. The van der Waals surface area contributed by atoms with Gasteiger partial charge in [0.15, 0.2) is 5.69 Å². The van der Waals surface area contributed by atoms with E-state index in [1.165, 1.54) is 4.68 Å². The van der Waals surface area contributed by atoms with Gasteiger partial charge in [0.25, 0.3) is 5.91 Å². The van der Waals surface area contributed by atoms with E-state index in [9.17, 15) is 4.79 Å². The summed E-state index contributed by atoms with van der Waals surface area (Å²) in [5, 5.41) is 11.5. The maximum Gasteiger partial charge on any atom is 0.274 e. The molecule has 0 saturated heterocycles. The molecule has 0 spiro atoms. The normalized spacial score (nSPS) is 10.5. The minimum Gasteiger partial charge on any atom is -0.496 e. The highest BCUT2D eigenvalue weighted by Gasteiger charge is 2.19. The van der Waals surface area contributed by atoms with E-state index in [0.29, 0.717) is 34.4 Å². The molecule has 3 rings (SSSR count). The Labute approximate surface area is 161 Å². The molecule has 1 amide bonds. The van der Waals surface area contributed by atoms with Gasteiger partial charge in [-0.3, -0.25) is 4.79 Å². The summed E-state index contributed by atoms with van der Waals surface area (Å²) in [5.74, 6) is 0.959. The monoisotopic (exact) mass is 386 g/mol. The van der Waals surface area contributed by atoms with Gasteiger partial charge in [-0.2, -0.15) is 0 Å². The van der Waals surface area contributed by atoms with Crippen molar-refractivity contribution in [3.05, 3.63) is 64.4 Å². The lowest BCUT2D eigenvalue weighted by Gasteiger charge is -2.10. The van der Waals surface area contributed by atoms with E-state index in [1.807, 2.05) is 24.3 Å². The van der Waals surface area contributed by atoms with Crippen LogP contribution in [0.4, 0.5) is 0 Å². The van der Waals surface area contributed by atoms with Crippen LogP contribution in [0.15, 0.2) is 42.5 Å². The standard InChI is InChI=1S/C19H19ClN4O3/c1-12-18(19(25)21-11-13-6-4-5-7-16(13)26-2)22-23-24(12)15-10-14(20)8-9-17(15)27-3/h4-10H,11H2,1-3H3,(H,21,25). The molecule has 0 aliphatic heterocycles. The Morgan fingerprint density at radius 2 is 1.89 bits per heavy atom. The maximum atomic E-state index is 12.6. The van der Waals surface area contributed by atoms with Gasteiger partial charge >= 0.3 is 0 Å². The van der Waals surface area contributed by atoms with Gasteiger partial charge in [-0.05, 0) is 31.2 Å². The van der Waals surface area contributed by atoms with E-state index >= 15 is 0 Å². The Kier molecular flexibility index (Phi) is 5.61. The molecule has 0 unspecified atom stereocenters. The zero-order chi connectivity index (χ0) is 19.4. The van der Waals surface area contributed by atoms with Crippen molar-refractivity contribution in [2.75, 3.05) is 14.2 Å². The number of aromatic nitrogens is 3. The maximum absolute atomic E-state index is 12.6. The fourth-order valence-electron chi connectivity index (χ4n) is 2.70. The van der Waals surface area contributed by atoms with Crippen LogP contribution in [-0.4, -0.2) is 35.1 Å². The number of ether oxygens (including phenoxy) is 2. The smallest absolute Gasteiger partial charge is 0.274 e. The minimum absolute atomic E-state index is 0.229. The molecule has 0 fully saturated rings.